The minimum absolute atomic E-state index is 0.0214. The first kappa shape index (κ1) is 33.4. The van der Waals surface area contributed by atoms with Gasteiger partial charge in [0.1, 0.15) is 11.4 Å². The number of carbonyl (C=O) groups is 1. The fraction of sp³-hybridized carbons (Fsp3) is 0.568. The van der Waals surface area contributed by atoms with Crippen molar-refractivity contribution in [2.75, 3.05) is 5.73 Å². The molecule has 1 aromatic heterocycles. The predicted molar refractivity (Wildman–Crippen MR) is 178 cm³/mol. The van der Waals surface area contributed by atoms with E-state index in [1.54, 1.807) is 0 Å². The zero-order valence-corrected chi connectivity index (χ0v) is 27.2. The molecule has 0 saturated heterocycles. The number of allylic oxidation sites excluding steroid dienone is 8. The van der Waals surface area contributed by atoms with E-state index in [9.17, 15) is 4.79 Å². The van der Waals surface area contributed by atoms with Gasteiger partial charge in [0.25, 0.3) is 0 Å². The molecule has 0 spiro atoms. The third-order valence-electron chi connectivity index (χ3n) is 9.03. The molecule has 0 aromatic carbocycles. The highest BCUT2D eigenvalue weighted by Crippen LogP contribution is 2.49. The smallest absolute Gasteiger partial charge is 0.407 e. The summed E-state index contributed by atoms with van der Waals surface area (Å²) in [6.45, 7) is 20.7. The van der Waals surface area contributed by atoms with Crippen molar-refractivity contribution in [1.29, 1.82) is 0 Å². The van der Waals surface area contributed by atoms with Crippen LogP contribution in [-0.2, 0) is 11.2 Å². The number of nitrogens with zero attached hydrogens (tertiary/aromatic N) is 1. The predicted octanol–water partition coefficient (Wildman–Crippen LogP) is 9.67. The van der Waals surface area contributed by atoms with Crippen LogP contribution in [0.4, 0.5) is 10.6 Å². The molecular formula is C37H55N3O2. The van der Waals surface area contributed by atoms with E-state index in [0.29, 0.717) is 11.7 Å². The molecule has 42 heavy (non-hydrogen) atoms. The maximum Gasteiger partial charge on any atom is 0.407 e. The van der Waals surface area contributed by atoms with Crippen LogP contribution in [0.25, 0.3) is 5.57 Å². The van der Waals surface area contributed by atoms with Crippen LogP contribution in [0.2, 0.25) is 0 Å². The number of nitrogens with two attached hydrogens (primary N) is 1. The molecule has 3 atom stereocenters. The van der Waals surface area contributed by atoms with Crippen LogP contribution < -0.4 is 11.1 Å². The fourth-order valence-electron chi connectivity index (χ4n) is 6.78. The van der Waals surface area contributed by atoms with Crippen molar-refractivity contribution in [3.63, 3.8) is 0 Å². The minimum Gasteiger partial charge on any atom is -0.444 e. The third kappa shape index (κ3) is 9.21. The SMILES string of the molecule is C=C/C=C\C1=C(C)CCCCC(Cc2ccc(C(=C)CCC3(CCC)CC[C@H](C)C3NC(=O)OC(C)(C)C)nc2N)=C1. The van der Waals surface area contributed by atoms with Gasteiger partial charge in [0.15, 0.2) is 0 Å². The zero-order valence-electron chi connectivity index (χ0n) is 27.2. The molecule has 1 amide bonds. The molecule has 2 aliphatic rings. The molecule has 3 N–H and O–H groups in total. The van der Waals surface area contributed by atoms with Crippen LogP contribution >= 0.6 is 0 Å². The molecule has 0 radical (unpaired) electrons. The van der Waals surface area contributed by atoms with Gasteiger partial charge in [-0.1, -0.05) is 74.9 Å². The number of nitrogens with one attached hydrogen (secondary N) is 1. The largest absolute Gasteiger partial charge is 0.444 e. The number of amides is 1. The Balaban J connectivity index is 1.73. The molecule has 1 heterocycles. The van der Waals surface area contributed by atoms with E-state index in [4.69, 9.17) is 15.5 Å². The third-order valence-corrected chi connectivity index (χ3v) is 9.03. The highest BCUT2D eigenvalue weighted by molar-refractivity contribution is 5.68. The lowest BCUT2D eigenvalue weighted by molar-refractivity contribution is 0.0426. The van der Waals surface area contributed by atoms with Crippen molar-refractivity contribution in [3.8, 4) is 0 Å². The van der Waals surface area contributed by atoms with Gasteiger partial charge < -0.3 is 15.8 Å². The number of rotatable bonds is 11. The van der Waals surface area contributed by atoms with Gasteiger partial charge in [-0.2, -0.15) is 0 Å². The summed E-state index contributed by atoms with van der Waals surface area (Å²) in [5.74, 6) is 0.988. The molecule has 230 valence electrons. The number of carbonyl (C=O) groups excluding carboxylic acids is 1. The Labute approximate surface area is 255 Å². The molecule has 5 nitrogen and oxygen atoms in total. The van der Waals surface area contributed by atoms with E-state index in [1.165, 1.54) is 29.6 Å². The van der Waals surface area contributed by atoms with Crippen molar-refractivity contribution in [2.24, 2.45) is 11.3 Å². The second-order valence-electron chi connectivity index (χ2n) is 13.6. The maximum atomic E-state index is 12.8. The van der Waals surface area contributed by atoms with E-state index < -0.39 is 5.60 Å². The van der Waals surface area contributed by atoms with Crippen LogP contribution in [0.1, 0.15) is 117 Å². The fourth-order valence-corrected chi connectivity index (χ4v) is 6.78. The van der Waals surface area contributed by atoms with Crippen molar-refractivity contribution >= 4 is 17.5 Å². The van der Waals surface area contributed by atoms with Gasteiger partial charge in [-0.05, 0) is 126 Å². The van der Waals surface area contributed by atoms with Crippen molar-refractivity contribution in [3.05, 3.63) is 77.6 Å². The van der Waals surface area contributed by atoms with E-state index in [1.807, 2.05) is 32.9 Å². The first-order valence-corrected chi connectivity index (χ1v) is 16.0. The average Bonchev–Trinajstić information content (AvgIpc) is 3.21. The van der Waals surface area contributed by atoms with Gasteiger partial charge in [-0.3, -0.25) is 0 Å². The Bertz CT molecular complexity index is 1210. The van der Waals surface area contributed by atoms with Crippen LogP contribution in [0.5, 0.6) is 0 Å². The first-order chi connectivity index (χ1) is 19.9. The highest BCUT2D eigenvalue weighted by atomic mass is 16.6. The summed E-state index contributed by atoms with van der Waals surface area (Å²) >= 11 is 0. The summed E-state index contributed by atoms with van der Waals surface area (Å²) < 4.78 is 5.63. The number of ether oxygens (including phenoxy) is 1. The van der Waals surface area contributed by atoms with Gasteiger partial charge in [0, 0.05) is 6.04 Å². The highest BCUT2D eigenvalue weighted by Gasteiger charge is 2.46. The van der Waals surface area contributed by atoms with Crippen LogP contribution in [-0.4, -0.2) is 22.7 Å². The molecule has 1 fully saturated rings. The summed E-state index contributed by atoms with van der Waals surface area (Å²) in [6.07, 6.45) is 19.5. The number of hydrogen-bond acceptors (Lipinski definition) is 4. The Morgan fingerprint density at radius 2 is 1.98 bits per heavy atom. The standard InChI is InChI=1S/C37H55N3O2/c1-9-11-16-30-24-29(15-13-12-14-26(30)3)25-31-17-18-32(39-34(31)38)27(4)19-22-37(21-10-2)23-20-28(5)33(37)40-35(41)42-36(6,7)8/h9,11,16-18,24,28,33H,1,4,10,12-15,19-23,25H2,2-3,5-8H3,(H2,38,39)(H,40,41)/b16-11-,29-24?,30-26?/t28-,33?,37?/m0/s1. The second kappa shape index (κ2) is 14.9. The molecule has 2 unspecified atom stereocenters. The van der Waals surface area contributed by atoms with E-state index in [-0.39, 0.29) is 17.6 Å². The molecule has 0 bridgehead atoms. The number of hydrogen-bond donors (Lipinski definition) is 2. The number of nitrogen functional groups attached to an aromatic ring is 1. The summed E-state index contributed by atoms with van der Waals surface area (Å²) in [7, 11) is 0. The molecule has 5 heteroatoms. The summed E-state index contributed by atoms with van der Waals surface area (Å²) in [6, 6.07) is 4.29. The summed E-state index contributed by atoms with van der Waals surface area (Å²) in [5, 5.41) is 3.26. The van der Waals surface area contributed by atoms with Gasteiger partial charge in [0.2, 0.25) is 0 Å². The molecular weight excluding hydrogens is 518 g/mol. The van der Waals surface area contributed by atoms with Gasteiger partial charge >= 0.3 is 6.09 Å². The van der Waals surface area contributed by atoms with Crippen LogP contribution in [0, 0.1) is 11.3 Å². The molecule has 2 aliphatic carbocycles. The van der Waals surface area contributed by atoms with Crippen LogP contribution in [0.15, 0.2) is 66.3 Å². The number of aromatic nitrogens is 1. The Morgan fingerprint density at radius 1 is 1.24 bits per heavy atom. The lowest BCUT2D eigenvalue weighted by atomic mass is 9.72. The lowest BCUT2D eigenvalue weighted by Gasteiger charge is -2.38. The minimum atomic E-state index is -0.516. The van der Waals surface area contributed by atoms with Crippen molar-refractivity contribution < 1.29 is 9.53 Å². The van der Waals surface area contributed by atoms with Gasteiger partial charge in [-0.25, -0.2) is 9.78 Å². The second-order valence-corrected chi connectivity index (χ2v) is 13.6. The lowest BCUT2D eigenvalue weighted by Crippen LogP contribution is -2.48. The molecule has 1 aromatic rings. The Kier molecular flexibility index (Phi) is 11.8. The van der Waals surface area contributed by atoms with Gasteiger partial charge in [0.05, 0.1) is 5.69 Å². The summed E-state index contributed by atoms with van der Waals surface area (Å²) in [4.78, 5) is 17.6. The number of alkyl carbamates (subject to hydrolysis) is 1. The average molecular weight is 574 g/mol. The number of pyridine rings is 1. The van der Waals surface area contributed by atoms with Crippen molar-refractivity contribution in [1.82, 2.24) is 10.3 Å². The maximum absolute atomic E-state index is 12.8. The quantitative estimate of drug-likeness (QED) is 0.258. The van der Waals surface area contributed by atoms with Crippen LogP contribution in [0.3, 0.4) is 0 Å². The normalized spacial score (nSPS) is 23.3. The molecule has 1 saturated carbocycles. The zero-order chi connectivity index (χ0) is 30.9. The monoisotopic (exact) mass is 573 g/mol. The topological polar surface area (TPSA) is 77.2 Å². The van der Waals surface area contributed by atoms with E-state index >= 15 is 0 Å². The first-order valence-electron chi connectivity index (χ1n) is 16.0. The Hall–Kier alpha value is -3.08. The van der Waals surface area contributed by atoms with E-state index in [0.717, 1.165) is 74.6 Å². The summed E-state index contributed by atoms with van der Waals surface area (Å²) in [5.41, 5.74) is 13.1. The Morgan fingerprint density at radius 3 is 2.64 bits per heavy atom. The number of anilines is 1. The molecule has 3 rings (SSSR count). The van der Waals surface area contributed by atoms with Gasteiger partial charge in [-0.15, -0.1) is 0 Å². The van der Waals surface area contributed by atoms with E-state index in [2.05, 4.69) is 63.5 Å². The van der Waals surface area contributed by atoms with Crippen molar-refractivity contribution in [2.45, 2.75) is 124 Å². The molecule has 0 aliphatic heterocycles.